The Balaban J connectivity index is 2.10. The van der Waals surface area contributed by atoms with E-state index in [2.05, 4.69) is 21.2 Å². The van der Waals surface area contributed by atoms with Crippen LogP contribution in [0.15, 0.2) is 16.6 Å². The third-order valence-corrected chi connectivity index (χ3v) is 3.92. The number of alkyl halides is 2. The fraction of sp³-hybridized carbons (Fsp3) is 0.364. The Labute approximate surface area is 115 Å². The molecule has 7 heteroatoms. The van der Waals surface area contributed by atoms with Crippen LogP contribution in [-0.2, 0) is 0 Å². The number of hydrogen-bond donors (Lipinski definition) is 1. The van der Waals surface area contributed by atoms with E-state index in [1.54, 1.807) is 0 Å². The Morgan fingerprint density at radius 2 is 2.06 bits per heavy atom. The maximum Gasteiger partial charge on any atom is 0.253 e. The predicted molar refractivity (Wildman–Crippen MR) is 64.5 cm³/mol. The van der Waals surface area contributed by atoms with Crippen LogP contribution in [0.1, 0.15) is 23.2 Å². The van der Waals surface area contributed by atoms with Crippen molar-refractivity contribution in [1.29, 1.82) is 0 Å². The van der Waals surface area contributed by atoms with E-state index in [4.69, 9.17) is 11.6 Å². The summed E-state index contributed by atoms with van der Waals surface area (Å²) < 4.78 is 38.6. The van der Waals surface area contributed by atoms with Gasteiger partial charge >= 0.3 is 0 Å². The number of benzene rings is 1. The van der Waals surface area contributed by atoms with E-state index in [0.717, 1.165) is 12.1 Å². The Kier molecular flexibility index (Phi) is 3.60. The van der Waals surface area contributed by atoms with Gasteiger partial charge in [0.2, 0.25) is 0 Å². The van der Waals surface area contributed by atoms with Crippen molar-refractivity contribution in [2.75, 3.05) is 0 Å². The molecular formula is C11H8BrClF3NO. The van der Waals surface area contributed by atoms with Crippen LogP contribution in [0.3, 0.4) is 0 Å². The summed E-state index contributed by atoms with van der Waals surface area (Å²) in [5.41, 5.74) is -0.0706. The maximum absolute atomic E-state index is 13.1. The summed E-state index contributed by atoms with van der Waals surface area (Å²) in [6, 6.07) is 1.50. The molecule has 0 aromatic heterocycles. The van der Waals surface area contributed by atoms with Gasteiger partial charge in [-0.2, -0.15) is 0 Å². The van der Waals surface area contributed by atoms with Crippen molar-refractivity contribution in [3.8, 4) is 0 Å². The van der Waals surface area contributed by atoms with Crippen LogP contribution in [0.4, 0.5) is 13.2 Å². The summed E-state index contributed by atoms with van der Waals surface area (Å²) in [5, 5.41) is 2.45. The van der Waals surface area contributed by atoms with Crippen LogP contribution in [0, 0.1) is 5.82 Å². The van der Waals surface area contributed by atoms with Gasteiger partial charge in [-0.1, -0.05) is 11.6 Å². The molecule has 0 aliphatic heterocycles. The first-order valence-electron chi connectivity index (χ1n) is 5.12. The van der Waals surface area contributed by atoms with E-state index in [1.165, 1.54) is 0 Å². The summed E-state index contributed by atoms with van der Waals surface area (Å²) in [5.74, 6) is -4.00. The summed E-state index contributed by atoms with van der Waals surface area (Å²) in [7, 11) is 0. The lowest BCUT2D eigenvalue weighted by Gasteiger charge is -2.35. The van der Waals surface area contributed by atoms with Crippen molar-refractivity contribution in [1.82, 2.24) is 5.32 Å². The van der Waals surface area contributed by atoms with Crippen molar-refractivity contribution in [2.24, 2.45) is 0 Å². The zero-order valence-corrected chi connectivity index (χ0v) is 11.3. The number of carbonyl (C=O) groups is 1. The molecule has 1 saturated carbocycles. The highest BCUT2D eigenvalue weighted by Crippen LogP contribution is 2.37. The molecule has 1 amide bonds. The highest BCUT2D eigenvalue weighted by Gasteiger charge is 2.46. The molecule has 2 nitrogen and oxygen atoms in total. The summed E-state index contributed by atoms with van der Waals surface area (Å²) >= 11 is 8.85. The molecule has 0 radical (unpaired) electrons. The third kappa shape index (κ3) is 2.80. The van der Waals surface area contributed by atoms with Crippen LogP contribution in [0.2, 0.25) is 5.02 Å². The van der Waals surface area contributed by atoms with Crippen LogP contribution in [0.5, 0.6) is 0 Å². The van der Waals surface area contributed by atoms with E-state index in [1.807, 2.05) is 0 Å². The molecule has 1 aliphatic carbocycles. The average Bonchev–Trinajstić information content (AvgIpc) is 2.20. The van der Waals surface area contributed by atoms with Gasteiger partial charge < -0.3 is 5.32 Å². The molecule has 18 heavy (non-hydrogen) atoms. The Morgan fingerprint density at radius 3 is 2.61 bits per heavy atom. The maximum atomic E-state index is 13.1. The zero-order valence-electron chi connectivity index (χ0n) is 8.94. The number of rotatable bonds is 2. The number of halogens is 5. The first kappa shape index (κ1) is 13.7. The fourth-order valence-electron chi connectivity index (χ4n) is 1.75. The van der Waals surface area contributed by atoms with Gasteiger partial charge in [0, 0.05) is 23.4 Å². The Bertz CT molecular complexity index is 501. The Morgan fingerprint density at radius 1 is 1.44 bits per heavy atom. The largest absolute Gasteiger partial charge is 0.349 e. The molecule has 0 unspecified atom stereocenters. The molecule has 0 heterocycles. The molecule has 1 N–H and O–H groups in total. The van der Waals surface area contributed by atoms with Crippen molar-refractivity contribution in [2.45, 2.75) is 24.8 Å². The first-order valence-corrected chi connectivity index (χ1v) is 6.29. The smallest absolute Gasteiger partial charge is 0.253 e. The molecule has 2 rings (SSSR count). The Hall–Kier alpha value is -0.750. The summed E-state index contributed by atoms with van der Waals surface area (Å²) in [6.45, 7) is 0. The standard InChI is InChI=1S/C11H8BrClF3NO/c12-8-2-5(14)1-7(9(8)13)10(18)17-6-3-11(15,16)4-6/h1-2,6H,3-4H2,(H,17,18). The van der Waals surface area contributed by atoms with E-state index in [9.17, 15) is 18.0 Å². The van der Waals surface area contributed by atoms with E-state index < -0.39 is 36.5 Å². The quantitative estimate of drug-likeness (QED) is 0.815. The van der Waals surface area contributed by atoms with Crippen LogP contribution >= 0.6 is 27.5 Å². The lowest BCUT2D eigenvalue weighted by molar-refractivity contribution is -0.0901. The van der Waals surface area contributed by atoms with Crippen molar-refractivity contribution >= 4 is 33.4 Å². The van der Waals surface area contributed by atoms with Gasteiger partial charge in [0.1, 0.15) is 5.82 Å². The second kappa shape index (κ2) is 4.74. The molecule has 0 saturated heterocycles. The minimum absolute atomic E-state index is 0.0555. The SMILES string of the molecule is O=C(NC1CC(F)(F)C1)c1cc(F)cc(Br)c1Cl. The van der Waals surface area contributed by atoms with Crippen molar-refractivity contribution in [3.63, 3.8) is 0 Å². The molecule has 1 fully saturated rings. The van der Waals surface area contributed by atoms with Crippen molar-refractivity contribution < 1.29 is 18.0 Å². The minimum atomic E-state index is -2.72. The number of hydrogen-bond acceptors (Lipinski definition) is 1. The molecule has 0 bridgehead atoms. The zero-order chi connectivity index (χ0) is 13.5. The summed E-state index contributed by atoms with van der Waals surface area (Å²) in [6.07, 6.45) is -0.792. The second-order valence-electron chi connectivity index (χ2n) is 4.18. The van der Waals surface area contributed by atoms with E-state index in [0.29, 0.717) is 0 Å². The van der Waals surface area contributed by atoms with E-state index >= 15 is 0 Å². The molecule has 98 valence electrons. The molecular weight excluding hydrogens is 334 g/mol. The third-order valence-electron chi connectivity index (χ3n) is 2.66. The highest BCUT2D eigenvalue weighted by atomic mass is 79.9. The van der Waals surface area contributed by atoms with Crippen molar-refractivity contribution in [3.05, 3.63) is 33.0 Å². The highest BCUT2D eigenvalue weighted by molar-refractivity contribution is 9.10. The van der Waals surface area contributed by atoms with Crippen LogP contribution in [-0.4, -0.2) is 17.9 Å². The molecule has 1 aromatic rings. The average molecular weight is 343 g/mol. The first-order chi connectivity index (χ1) is 8.28. The lowest BCUT2D eigenvalue weighted by Crippen LogP contribution is -2.50. The second-order valence-corrected chi connectivity index (χ2v) is 5.42. The van der Waals surface area contributed by atoms with Gasteiger partial charge in [-0.05, 0) is 28.1 Å². The van der Waals surface area contributed by atoms with Gasteiger partial charge in [0.15, 0.2) is 0 Å². The van der Waals surface area contributed by atoms with E-state index in [-0.39, 0.29) is 15.1 Å². The topological polar surface area (TPSA) is 29.1 Å². The molecule has 1 aromatic carbocycles. The van der Waals surface area contributed by atoms with Gasteiger partial charge in [0.05, 0.1) is 10.6 Å². The molecule has 0 spiro atoms. The number of amides is 1. The molecule has 1 aliphatic rings. The molecule has 0 atom stereocenters. The van der Waals surface area contributed by atoms with Gasteiger partial charge in [-0.3, -0.25) is 4.79 Å². The fourth-order valence-corrected chi connectivity index (χ4v) is 2.37. The normalized spacial score (nSPS) is 18.3. The monoisotopic (exact) mass is 341 g/mol. The van der Waals surface area contributed by atoms with Crippen LogP contribution < -0.4 is 5.32 Å². The predicted octanol–water partition coefficient (Wildman–Crippen LogP) is 3.77. The minimum Gasteiger partial charge on any atom is -0.349 e. The van der Waals surface area contributed by atoms with Crippen LogP contribution in [0.25, 0.3) is 0 Å². The number of nitrogens with one attached hydrogen (secondary N) is 1. The van der Waals surface area contributed by atoms with Gasteiger partial charge in [-0.15, -0.1) is 0 Å². The summed E-state index contributed by atoms with van der Waals surface area (Å²) in [4.78, 5) is 11.8. The van der Waals surface area contributed by atoms with Gasteiger partial charge in [0.25, 0.3) is 11.8 Å². The lowest BCUT2D eigenvalue weighted by atomic mass is 9.88. The number of carbonyl (C=O) groups excluding carboxylic acids is 1. The van der Waals surface area contributed by atoms with Gasteiger partial charge in [-0.25, -0.2) is 13.2 Å².